The summed E-state index contributed by atoms with van der Waals surface area (Å²) in [6.45, 7) is 5.80. The van der Waals surface area contributed by atoms with Gasteiger partial charge in [-0.25, -0.2) is 0 Å². The van der Waals surface area contributed by atoms with E-state index in [0.717, 1.165) is 19.4 Å². The molecule has 0 aromatic heterocycles. The molecule has 0 spiro atoms. The van der Waals surface area contributed by atoms with Crippen LogP contribution in [-0.2, 0) is 9.53 Å². The first-order valence-electron chi connectivity index (χ1n) is 6.23. The molecule has 5 nitrogen and oxygen atoms in total. The lowest BCUT2D eigenvalue weighted by Gasteiger charge is -2.16. The average Bonchev–Trinajstić information content (AvgIpc) is 2.28. The van der Waals surface area contributed by atoms with Gasteiger partial charge in [-0.3, -0.25) is 4.79 Å². The number of carbonyl (C=O) groups excluding carboxylic acids is 1. The zero-order valence-electron chi connectivity index (χ0n) is 11.2. The van der Waals surface area contributed by atoms with Gasteiger partial charge in [0.2, 0.25) is 5.91 Å². The first kappa shape index (κ1) is 16.4. The summed E-state index contributed by atoms with van der Waals surface area (Å²) < 4.78 is 4.93. The Kier molecular flexibility index (Phi) is 10.1. The average molecular weight is 246 g/mol. The summed E-state index contributed by atoms with van der Waals surface area (Å²) in [6, 6.07) is 0.0358. The molecule has 0 saturated carbocycles. The summed E-state index contributed by atoms with van der Waals surface area (Å²) in [5.41, 5.74) is 0. The largest absolute Gasteiger partial charge is 0.396 e. The molecule has 0 aliphatic rings. The number of carbonyl (C=O) groups is 1. The molecular formula is C12H26N2O3. The zero-order chi connectivity index (χ0) is 13.1. The van der Waals surface area contributed by atoms with Gasteiger partial charge in [0, 0.05) is 19.8 Å². The Morgan fingerprint density at radius 3 is 2.71 bits per heavy atom. The number of aliphatic hydroxyl groups is 1. The molecule has 0 radical (unpaired) electrons. The SMILES string of the molecule is CCC(CCO)CNCC(=O)NC(C)COC. The topological polar surface area (TPSA) is 70.6 Å². The second-order valence-corrected chi connectivity index (χ2v) is 4.34. The molecule has 0 aromatic rings. The number of hydrogen-bond acceptors (Lipinski definition) is 4. The van der Waals surface area contributed by atoms with Crippen LogP contribution in [0.3, 0.4) is 0 Å². The van der Waals surface area contributed by atoms with Crippen molar-refractivity contribution in [3.63, 3.8) is 0 Å². The van der Waals surface area contributed by atoms with E-state index in [1.807, 2.05) is 6.92 Å². The van der Waals surface area contributed by atoms with Crippen LogP contribution in [0.15, 0.2) is 0 Å². The highest BCUT2D eigenvalue weighted by Crippen LogP contribution is 2.04. The monoisotopic (exact) mass is 246 g/mol. The predicted octanol–water partition coefficient (Wildman–Crippen LogP) is 0.136. The van der Waals surface area contributed by atoms with Crippen LogP contribution >= 0.6 is 0 Å². The second-order valence-electron chi connectivity index (χ2n) is 4.34. The Morgan fingerprint density at radius 1 is 1.47 bits per heavy atom. The minimum Gasteiger partial charge on any atom is -0.396 e. The Morgan fingerprint density at radius 2 is 2.18 bits per heavy atom. The van der Waals surface area contributed by atoms with Crippen molar-refractivity contribution in [2.24, 2.45) is 5.92 Å². The molecule has 3 N–H and O–H groups in total. The lowest BCUT2D eigenvalue weighted by atomic mass is 10.0. The minimum absolute atomic E-state index is 0.0200. The molecule has 2 unspecified atom stereocenters. The summed E-state index contributed by atoms with van der Waals surface area (Å²) in [6.07, 6.45) is 1.79. The molecule has 0 aliphatic heterocycles. The van der Waals surface area contributed by atoms with E-state index in [1.165, 1.54) is 0 Å². The number of aliphatic hydroxyl groups excluding tert-OH is 1. The Bertz CT molecular complexity index is 200. The number of amides is 1. The highest BCUT2D eigenvalue weighted by atomic mass is 16.5. The van der Waals surface area contributed by atoms with Gasteiger partial charge >= 0.3 is 0 Å². The van der Waals surface area contributed by atoms with Gasteiger partial charge in [-0.2, -0.15) is 0 Å². The van der Waals surface area contributed by atoms with E-state index in [4.69, 9.17) is 9.84 Å². The van der Waals surface area contributed by atoms with Crippen LogP contribution in [-0.4, -0.2) is 50.5 Å². The summed E-state index contributed by atoms with van der Waals surface area (Å²) in [5.74, 6) is 0.414. The lowest BCUT2D eigenvalue weighted by molar-refractivity contribution is -0.121. The van der Waals surface area contributed by atoms with E-state index in [0.29, 0.717) is 19.1 Å². The molecule has 0 bridgehead atoms. The molecule has 0 aliphatic carbocycles. The van der Waals surface area contributed by atoms with Gasteiger partial charge in [0.25, 0.3) is 0 Å². The zero-order valence-corrected chi connectivity index (χ0v) is 11.2. The van der Waals surface area contributed by atoms with E-state index in [1.54, 1.807) is 7.11 Å². The van der Waals surface area contributed by atoms with Gasteiger partial charge in [0.15, 0.2) is 0 Å². The Hall–Kier alpha value is -0.650. The molecular weight excluding hydrogens is 220 g/mol. The maximum absolute atomic E-state index is 11.5. The fourth-order valence-electron chi connectivity index (χ4n) is 1.64. The highest BCUT2D eigenvalue weighted by molar-refractivity contribution is 5.78. The maximum Gasteiger partial charge on any atom is 0.234 e. The molecule has 0 heterocycles. The van der Waals surface area contributed by atoms with Crippen molar-refractivity contribution in [2.45, 2.75) is 32.7 Å². The van der Waals surface area contributed by atoms with Crippen LogP contribution < -0.4 is 10.6 Å². The Balaban J connectivity index is 3.62. The quantitative estimate of drug-likeness (QED) is 0.512. The van der Waals surface area contributed by atoms with E-state index in [9.17, 15) is 4.79 Å². The van der Waals surface area contributed by atoms with Gasteiger partial charge in [-0.1, -0.05) is 13.3 Å². The van der Waals surface area contributed by atoms with Crippen molar-refractivity contribution in [3.8, 4) is 0 Å². The second kappa shape index (κ2) is 10.5. The molecule has 2 atom stereocenters. The van der Waals surface area contributed by atoms with Crippen molar-refractivity contribution >= 4 is 5.91 Å². The van der Waals surface area contributed by atoms with E-state index in [-0.39, 0.29) is 18.6 Å². The minimum atomic E-state index is -0.0200. The van der Waals surface area contributed by atoms with E-state index in [2.05, 4.69) is 17.6 Å². The van der Waals surface area contributed by atoms with Crippen LogP contribution in [0.25, 0.3) is 0 Å². The van der Waals surface area contributed by atoms with Crippen LogP contribution in [0, 0.1) is 5.92 Å². The number of nitrogens with one attached hydrogen (secondary N) is 2. The van der Waals surface area contributed by atoms with Gasteiger partial charge < -0.3 is 20.5 Å². The first-order chi connectivity index (χ1) is 8.13. The van der Waals surface area contributed by atoms with Crippen molar-refractivity contribution < 1.29 is 14.6 Å². The summed E-state index contributed by atoms with van der Waals surface area (Å²) in [7, 11) is 1.61. The van der Waals surface area contributed by atoms with Crippen molar-refractivity contribution in [1.82, 2.24) is 10.6 Å². The summed E-state index contributed by atoms with van der Waals surface area (Å²) in [5, 5.41) is 14.8. The smallest absolute Gasteiger partial charge is 0.234 e. The molecule has 0 saturated heterocycles. The van der Waals surface area contributed by atoms with Crippen LogP contribution in [0.5, 0.6) is 0 Å². The number of methoxy groups -OCH3 is 1. The van der Waals surface area contributed by atoms with Crippen molar-refractivity contribution in [1.29, 1.82) is 0 Å². The van der Waals surface area contributed by atoms with Crippen molar-refractivity contribution in [3.05, 3.63) is 0 Å². The molecule has 102 valence electrons. The first-order valence-corrected chi connectivity index (χ1v) is 6.23. The van der Waals surface area contributed by atoms with E-state index < -0.39 is 0 Å². The molecule has 0 aromatic carbocycles. The van der Waals surface area contributed by atoms with Crippen LogP contribution in [0.2, 0.25) is 0 Å². The van der Waals surface area contributed by atoms with Gasteiger partial charge in [-0.15, -0.1) is 0 Å². The predicted molar refractivity (Wildman–Crippen MR) is 67.8 cm³/mol. The number of ether oxygens (including phenoxy) is 1. The summed E-state index contributed by atoms with van der Waals surface area (Å²) >= 11 is 0. The fraction of sp³-hybridized carbons (Fsp3) is 0.917. The fourth-order valence-corrected chi connectivity index (χ4v) is 1.64. The van der Waals surface area contributed by atoms with Crippen LogP contribution in [0.1, 0.15) is 26.7 Å². The third kappa shape index (κ3) is 9.09. The third-order valence-electron chi connectivity index (χ3n) is 2.66. The number of hydrogen-bond donors (Lipinski definition) is 3. The molecule has 1 amide bonds. The van der Waals surface area contributed by atoms with Gasteiger partial charge in [0.1, 0.15) is 0 Å². The third-order valence-corrected chi connectivity index (χ3v) is 2.66. The molecule has 0 fully saturated rings. The highest BCUT2D eigenvalue weighted by Gasteiger charge is 2.08. The molecule has 5 heteroatoms. The molecule has 0 rings (SSSR count). The van der Waals surface area contributed by atoms with Crippen molar-refractivity contribution in [2.75, 3.05) is 33.4 Å². The van der Waals surface area contributed by atoms with E-state index >= 15 is 0 Å². The van der Waals surface area contributed by atoms with Gasteiger partial charge in [0.05, 0.1) is 13.2 Å². The van der Waals surface area contributed by atoms with Crippen LogP contribution in [0.4, 0.5) is 0 Å². The molecule has 17 heavy (non-hydrogen) atoms. The Labute approximate surface area is 104 Å². The summed E-state index contributed by atoms with van der Waals surface area (Å²) in [4.78, 5) is 11.5. The number of rotatable bonds is 10. The lowest BCUT2D eigenvalue weighted by Crippen LogP contribution is -2.41. The normalized spacial score (nSPS) is 14.4. The standard InChI is InChI=1S/C12H26N2O3/c1-4-11(5-6-15)7-13-8-12(16)14-10(2)9-17-3/h10-11,13,15H,4-9H2,1-3H3,(H,14,16). The van der Waals surface area contributed by atoms with Gasteiger partial charge in [-0.05, 0) is 25.8 Å². The maximum atomic E-state index is 11.5.